The molecule has 7 nitrogen and oxygen atoms in total. The zero-order valence-corrected chi connectivity index (χ0v) is 21.7. The monoisotopic (exact) mass is 546 g/mol. The Kier molecular flexibility index (Phi) is 6.70. The predicted octanol–water partition coefficient (Wildman–Crippen LogP) is 5.50. The van der Waals surface area contributed by atoms with Gasteiger partial charge in [0.1, 0.15) is 18.0 Å². The van der Waals surface area contributed by atoms with Gasteiger partial charge in [-0.2, -0.15) is 8.42 Å². The second-order valence-corrected chi connectivity index (χ2v) is 13.0. The van der Waals surface area contributed by atoms with Crippen LogP contribution in [0.5, 0.6) is 11.5 Å². The Morgan fingerprint density at radius 3 is 2.38 bits per heavy atom. The van der Waals surface area contributed by atoms with Crippen molar-refractivity contribution in [3.05, 3.63) is 23.8 Å². The first-order chi connectivity index (χ1) is 17.3. The zero-order chi connectivity index (χ0) is 26.8. The lowest BCUT2D eigenvalue weighted by Crippen LogP contribution is -2.47. The maximum atomic E-state index is 13.2. The molecule has 0 saturated heterocycles. The number of halogens is 3. The fourth-order valence-electron chi connectivity index (χ4n) is 8.18. The van der Waals surface area contributed by atoms with Crippen molar-refractivity contribution >= 4 is 16.1 Å². The summed E-state index contributed by atoms with van der Waals surface area (Å²) in [4.78, 5) is 12.5. The number of carbonyl (C=O) groups excluding carboxylic acids is 1. The Bertz CT molecular complexity index is 1150. The lowest BCUT2D eigenvalue weighted by molar-refractivity contribution is -0.275. The minimum Gasteiger partial charge on any atom is -0.483 e. The maximum Gasteiger partial charge on any atom is 0.573 e. The molecule has 1 aromatic rings. The molecule has 4 aliphatic rings. The van der Waals surface area contributed by atoms with Crippen molar-refractivity contribution in [2.45, 2.75) is 64.3 Å². The summed E-state index contributed by atoms with van der Waals surface area (Å²) < 4.78 is 85.6. The summed E-state index contributed by atoms with van der Waals surface area (Å²) in [5.74, 6) is 1.84. The van der Waals surface area contributed by atoms with Crippen LogP contribution in [0.3, 0.4) is 0 Å². The number of rotatable bonds is 9. The summed E-state index contributed by atoms with van der Waals surface area (Å²) in [5, 5.41) is 0. The van der Waals surface area contributed by atoms with Gasteiger partial charge in [0.05, 0.1) is 5.56 Å². The van der Waals surface area contributed by atoms with E-state index in [1.54, 1.807) is 0 Å². The number of ether oxygens (including phenoxy) is 3. The molecule has 1 N–H and O–H groups in total. The topological polar surface area (TPSA) is 99.1 Å². The van der Waals surface area contributed by atoms with Gasteiger partial charge in [-0.1, -0.05) is 6.92 Å². The fraction of sp³-hybridized carbons (Fsp3) is 0.731. The SMILES string of the molecule is CCC(C)(Oc1cc(C(=O)OCCS(=O)(=O)O)ccc1OC(F)(F)F)C1CC2CC1C1C3CCC(C3)C21. The van der Waals surface area contributed by atoms with Crippen LogP contribution < -0.4 is 9.47 Å². The lowest BCUT2D eigenvalue weighted by Gasteiger charge is -2.46. The first-order valence-corrected chi connectivity index (χ1v) is 14.6. The summed E-state index contributed by atoms with van der Waals surface area (Å²) in [6.45, 7) is 3.30. The van der Waals surface area contributed by atoms with Gasteiger partial charge >= 0.3 is 12.3 Å². The minimum absolute atomic E-state index is 0.112. The van der Waals surface area contributed by atoms with Crippen LogP contribution in [0.4, 0.5) is 13.2 Å². The molecule has 4 saturated carbocycles. The van der Waals surface area contributed by atoms with Gasteiger partial charge in [0.15, 0.2) is 11.5 Å². The standard InChI is InChI=1S/C26H33F3O7S/c1-3-25(2,19-12-17-11-18(19)23-15-5-4-14(10-15)22(17)23)35-21-13-16(6-7-20(21)36-26(27,28)29)24(30)34-8-9-37(31,32)33/h6-7,13-15,17-19,22-23H,3-5,8-12H2,1-2H3,(H,31,32,33). The third-order valence-electron chi connectivity index (χ3n) is 9.54. The highest BCUT2D eigenvalue weighted by atomic mass is 32.2. The summed E-state index contributed by atoms with van der Waals surface area (Å²) in [7, 11) is -4.33. The van der Waals surface area contributed by atoms with Gasteiger partial charge in [0.25, 0.3) is 10.1 Å². The van der Waals surface area contributed by atoms with Gasteiger partial charge in [-0.05, 0) is 99.2 Å². The molecule has 4 fully saturated rings. The van der Waals surface area contributed by atoms with Crippen LogP contribution in [-0.2, 0) is 14.9 Å². The van der Waals surface area contributed by atoms with Crippen LogP contribution in [0.2, 0.25) is 0 Å². The van der Waals surface area contributed by atoms with E-state index >= 15 is 0 Å². The molecule has 4 aliphatic carbocycles. The normalized spacial score (nSPS) is 33.7. The van der Waals surface area contributed by atoms with Crippen LogP contribution >= 0.6 is 0 Å². The number of alkyl halides is 3. The second kappa shape index (κ2) is 9.32. The Labute approximate surface area is 214 Å². The summed E-state index contributed by atoms with van der Waals surface area (Å²) >= 11 is 0. The first kappa shape index (κ1) is 26.6. The van der Waals surface area contributed by atoms with E-state index in [1.807, 2.05) is 13.8 Å². The van der Waals surface area contributed by atoms with Crippen molar-refractivity contribution in [2.24, 2.45) is 41.4 Å². The smallest absolute Gasteiger partial charge is 0.483 e. The molecule has 0 heterocycles. The summed E-state index contributed by atoms with van der Waals surface area (Å²) in [6.07, 6.45) is 1.67. The molecule has 206 valence electrons. The third kappa shape index (κ3) is 5.17. The van der Waals surface area contributed by atoms with Gasteiger partial charge < -0.3 is 14.2 Å². The molecule has 4 bridgehead atoms. The van der Waals surface area contributed by atoms with Crippen molar-refractivity contribution < 1.29 is 45.1 Å². The molecule has 8 unspecified atom stereocenters. The number of carbonyl (C=O) groups is 1. The number of hydrogen-bond acceptors (Lipinski definition) is 6. The molecule has 0 aliphatic heterocycles. The van der Waals surface area contributed by atoms with Crippen LogP contribution in [0, 0.1) is 41.4 Å². The van der Waals surface area contributed by atoms with Crippen LogP contribution in [0.25, 0.3) is 0 Å². The highest BCUT2D eigenvalue weighted by Crippen LogP contribution is 2.70. The molecule has 5 rings (SSSR count). The van der Waals surface area contributed by atoms with Gasteiger partial charge in [-0.15, -0.1) is 13.2 Å². The number of esters is 1. The van der Waals surface area contributed by atoms with E-state index in [9.17, 15) is 26.4 Å². The Morgan fingerprint density at radius 1 is 1.03 bits per heavy atom. The number of fused-ring (bicyclic) bond motifs is 9. The van der Waals surface area contributed by atoms with E-state index in [-0.39, 0.29) is 17.2 Å². The molecule has 11 heteroatoms. The van der Waals surface area contributed by atoms with Crippen LogP contribution in [0.1, 0.15) is 62.7 Å². The summed E-state index contributed by atoms with van der Waals surface area (Å²) in [6, 6.07) is 3.26. The van der Waals surface area contributed by atoms with E-state index in [1.165, 1.54) is 19.3 Å². The van der Waals surface area contributed by atoms with E-state index in [0.717, 1.165) is 48.8 Å². The van der Waals surface area contributed by atoms with Gasteiger partial charge in [0.2, 0.25) is 0 Å². The fourth-order valence-corrected chi connectivity index (χ4v) is 8.47. The molecule has 8 atom stereocenters. The van der Waals surface area contributed by atoms with Gasteiger partial charge in [0, 0.05) is 5.92 Å². The van der Waals surface area contributed by atoms with E-state index in [2.05, 4.69) is 4.74 Å². The average Bonchev–Trinajstić information content (AvgIpc) is 3.58. The van der Waals surface area contributed by atoms with Crippen LogP contribution in [0.15, 0.2) is 18.2 Å². The predicted molar refractivity (Wildman–Crippen MR) is 127 cm³/mol. The largest absolute Gasteiger partial charge is 0.573 e. The first-order valence-electron chi connectivity index (χ1n) is 13.0. The number of benzene rings is 1. The Balaban J connectivity index is 1.39. The van der Waals surface area contributed by atoms with Crippen molar-refractivity contribution in [3.63, 3.8) is 0 Å². The van der Waals surface area contributed by atoms with Crippen molar-refractivity contribution in [3.8, 4) is 11.5 Å². The van der Waals surface area contributed by atoms with Crippen molar-refractivity contribution in [1.82, 2.24) is 0 Å². The number of hydrogen-bond donors (Lipinski definition) is 1. The quantitative estimate of drug-likeness (QED) is 0.248. The third-order valence-corrected chi connectivity index (χ3v) is 10.2. The molecule has 0 aromatic heterocycles. The molecule has 1 aromatic carbocycles. The molecule has 0 spiro atoms. The highest BCUT2D eigenvalue weighted by molar-refractivity contribution is 7.85. The van der Waals surface area contributed by atoms with Gasteiger partial charge in [-0.3, -0.25) is 4.55 Å². The molecule has 0 amide bonds. The lowest BCUT2D eigenvalue weighted by atomic mass is 9.63. The molecular weight excluding hydrogens is 513 g/mol. The van der Waals surface area contributed by atoms with Gasteiger partial charge in [-0.25, -0.2) is 4.79 Å². The Morgan fingerprint density at radius 2 is 1.73 bits per heavy atom. The zero-order valence-electron chi connectivity index (χ0n) is 20.9. The van der Waals surface area contributed by atoms with E-state index in [0.29, 0.717) is 24.2 Å². The Hall–Kier alpha value is -2.01. The molecule has 37 heavy (non-hydrogen) atoms. The average molecular weight is 547 g/mol. The summed E-state index contributed by atoms with van der Waals surface area (Å²) in [5.41, 5.74) is -0.872. The van der Waals surface area contributed by atoms with E-state index in [4.69, 9.17) is 14.0 Å². The van der Waals surface area contributed by atoms with Crippen molar-refractivity contribution in [1.29, 1.82) is 0 Å². The maximum absolute atomic E-state index is 13.2. The van der Waals surface area contributed by atoms with Crippen molar-refractivity contribution in [2.75, 3.05) is 12.4 Å². The minimum atomic E-state index is -4.96. The van der Waals surface area contributed by atoms with Crippen LogP contribution in [-0.4, -0.2) is 43.3 Å². The second-order valence-electron chi connectivity index (χ2n) is 11.4. The molecular formula is C26H33F3O7S. The highest BCUT2D eigenvalue weighted by Gasteiger charge is 2.64. The molecule has 0 radical (unpaired) electrons. The van der Waals surface area contributed by atoms with E-state index < -0.39 is 46.2 Å².